The Hall–Kier alpha value is -3.68. The monoisotopic (exact) mass is 506 g/mol. The molecule has 2 aromatic rings. The maximum absolute atomic E-state index is 13.5. The topological polar surface area (TPSA) is 126 Å². The Morgan fingerprint density at radius 1 is 1.05 bits per heavy atom. The predicted molar refractivity (Wildman–Crippen MR) is 143 cm³/mol. The van der Waals surface area contributed by atoms with E-state index in [1.54, 1.807) is 24.3 Å². The lowest BCUT2D eigenvalue weighted by atomic mass is 9.80. The maximum Gasteiger partial charge on any atom is 0.306 e. The summed E-state index contributed by atoms with van der Waals surface area (Å²) in [4.78, 5) is 40.5. The summed E-state index contributed by atoms with van der Waals surface area (Å²) in [5.41, 5.74) is 6.65. The number of piperidine rings is 1. The van der Waals surface area contributed by atoms with Gasteiger partial charge in [-0.3, -0.25) is 19.8 Å². The van der Waals surface area contributed by atoms with Crippen molar-refractivity contribution in [2.75, 3.05) is 13.1 Å². The Balaban J connectivity index is 1.50. The average Bonchev–Trinajstić information content (AvgIpc) is 2.91. The van der Waals surface area contributed by atoms with Gasteiger partial charge in [0.05, 0.1) is 5.41 Å². The predicted octanol–water partition coefficient (Wildman–Crippen LogP) is 3.88. The van der Waals surface area contributed by atoms with Gasteiger partial charge in [-0.05, 0) is 56.7 Å². The lowest BCUT2D eigenvalue weighted by Crippen LogP contribution is -2.54. The van der Waals surface area contributed by atoms with Gasteiger partial charge in [-0.1, -0.05) is 49.4 Å². The standard InChI is InChI=1S/C29H38N4O4/c1-4-24(32-27(35)23-12-10-22(11-13-23)26(30)31)29(2,3)28(36)33-16-14-20(15-17-33)18-25(34)37-19-21-8-6-5-7-9-21/h5-13,20,24H,4,14-19H2,1-3H3,(H3,30,31)(H,32,35). The molecule has 1 aliphatic rings. The van der Waals surface area contributed by atoms with Gasteiger partial charge in [0.25, 0.3) is 5.91 Å². The van der Waals surface area contributed by atoms with E-state index in [9.17, 15) is 14.4 Å². The SMILES string of the molecule is CCC(NC(=O)c1ccc(C(=N)N)cc1)C(C)(C)C(=O)N1CCC(CC(=O)OCc2ccccc2)CC1. The second kappa shape index (κ2) is 12.5. The average molecular weight is 507 g/mol. The highest BCUT2D eigenvalue weighted by molar-refractivity contribution is 5.98. The zero-order valence-corrected chi connectivity index (χ0v) is 22.0. The molecule has 1 atom stereocenters. The van der Waals surface area contributed by atoms with E-state index in [1.807, 2.05) is 56.0 Å². The highest BCUT2D eigenvalue weighted by atomic mass is 16.5. The van der Waals surface area contributed by atoms with Crippen LogP contribution in [0.2, 0.25) is 0 Å². The first kappa shape index (κ1) is 27.9. The van der Waals surface area contributed by atoms with E-state index in [2.05, 4.69) is 5.32 Å². The number of nitrogen functional groups attached to an aromatic ring is 1. The van der Waals surface area contributed by atoms with Crippen LogP contribution < -0.4 is 11.1 Å². The third kappa shape index (κ3) is 7.41. The van der Waals surface area contributed by atoms with E-state index in [1.165, 1.54) is 0 Å². The van der Waals surface area contributed by atoms with Crippen LogP contribution in [0, 0.1) is 16.7 Å². The first-order valence-electron chi connectivity index (χ1n) is 12.9. The van der Waals surface area contributed by atoms with Gasteiger partial charge in [-0.15, -0.1) is 0 Å². The molecule has 1 saturated heterocycles. The van der Waals surface area contributed by atoms with Gasteiger partial charge in [0, 0.05) is 36.7 Å². The quantitative estimate of drug-likeness (QED) is 0.256. The molecule has 1 fully saturated rings. The van der Waals surface area contributed by atoms with Crippen LogP contribution in [0.5, 0.6) is 0 Å². The molecule has 4 N–H and O–H groups in total. The lowest BCUT2D eigenvalue weighted by Gasteiger charge is -2.40. The highest BCUT2D eigenvalue weighted by Gasteiger charge is 2.40. The highest BCUT2D eigenvalue weighted by Crippen LogP contribution is 2.30. The number of hydrogen-bond donors (Lipinski definition) is 3. The molecule has 1 unspecified atom stereocenters. The van der Waals surface area contributed by atoms with Gasteiger partial charge in [0.15, 0.2) is 0 Å². The molecule has 3 rings (SSSR count). The van der Waals surface area contributed by atoms with Crippen LogP contribution in [0.1, 0.15) is 67.9 Å². The van der Waals surface area contributed by atoms with Crippen LogP contribution in [0.4, 0.5) is 0 Å². The van der Waals surface area contributed by atoms with Crippen molar-refractivity contribution >= 4 is 23.6 Å². The number of benzene rings is 2. The number of likely N-dealkylation sites (tertiary alicyclic amines) is 1. The van der Waals surface area contributed by atoms with Gasteiger partial charge < -0.3 is 20.7 Å². The van der Waals surface area contributed by atoms with Gasteiger partial charge in [0.1, 0.15) is 12.4 Å². The molecule has 1 aliphatic heterocycles. The number of nitrogens with two attached hydrogens (primary N) is 1. The number of hydrogen-bond acceptors (Lipinski definition) is 5. The Bertz CT molecular complexity index is 1090. The summed E-state index contributed by atoms with van der Waals surface area (Å²) in [5.74, 6) is -0.348. The number of amidine groups is 1. The normalized spacial score (nSPS) is 15.1. The molecule has 0 aromatic heterocycles. The Kier molecular flexibility index (Phi) is 9.44. The van der Waals surface area contributed by atoms with Gasteiger partial charge in [0.2, 0.25) is 5.91 Å². The van der Waals surface area contributed by atoms with E-state index in [0.717, 1.165) is 18.4 Å². The van der Waals surface area contributed by atoms with Crippen molar-refractivity contribution in [1.82, 2.24) is 10.2 Å². The Labute approximate surface area is 219 Å². The van der Waals surface area contributed by atoms with Crippen molar-refractivity contribution in [1.29, 1.82) is 5.41 Å². The molecule has 37 heavy (non-hydrogen) atoms. The van der Waals surface area contributed by atoms with Gasteiger partial charge in [-0.25, -0.2) is 0 Å². The molecule has 8 heteroatoms. The summed E-state index contributed by atoms with van der Waals surface area (Å²) in [6.45, 7) is 7.12. The number of nitrogens with one attached hydrogen (secondary N) is 2. The smallest absolute Gasteiger partial charge is 0.306 e. The Morgan fingerprint density at radius 2 is 1.65 bits per heavy atom. The molecule has 0 bridgehead atoms. The summed E-state index contributed by atoms with van der Waals surface area (Å²) in [6, 6.07) is 15.8. The van der Waals surface area contributed by atoms with E-state index in [0.29, 0.717) is 37.1 Å². The molecule has 2 amide bonds. The Morgan fingerprint density at radius 3 is 2.22 bits per heavy atom. The molecule has 0 aliphatic carbocycles. The summed E-state index contributed by atoms with van der Waals surface area (Å²) in [7, 11) is 0. The van der Waals surface area contributed by atoms with E-state index < -0.39 is 5.41 Å². The van der Waals surface area contributed by atoms with E-state index in [-0.39, 0.29) is 42.2 Å². The maximum atomic E-state index is 13.5. The third-order valence-corrected chi connectivity index (χ3v) is 7.19. The fourth-order valence-corrected chi connectivity index (χ4v) is 4.76. The van der Waals surface area contributed by atoms with Crippen LogP contribution in [0.25, 0.3) is 0 Å². The minimum atomic E-state index is -0.800. The number of esters is 1. The minimum absolute atomic E-state index is 0.00307. The molecule has 0 saturated carbocycles. The zero-order valence-electron chi connectivity index (χ0n) is 22.0. The largest absolute Gasteiger partial charge is 0.461 e. The fraction of sp³-hybridized carbons (Fsp3) is 0.448. The molecule has 0 radical (unpaired) electrons. The van der Waals surface area contributed by atoms with Crippen LogP contribution >= 0.6 is 0 Å². The van der Waals surface area contributed by atoms with Crippen molar-refractivity contribution in [2.24, 2.45) is 17.1 Å². The zero-order chi connectivity index (χ0) is 27.0. The number of nitrogens with zero attached hydrogens (tertiary/aromatic N) is 1. The molecule has 8 nitrogen and oxygen atoms in total. The van der Waals surface area contributed by atoms with Crippen molar-refractivity contribution in [3.63, 3.8) is 0 Å². The number of ether oxygens (including phenoxy) is 1. The fourth-order valence-electron chi connectivity index (χ4n) is 4.76. The van der Waals surface area contributed by atoms with Crippen LogP contribution in [0.3, 0.4) is 0 Å². The van der Waals surface area contributed by atoms with Gasteiger partial charge >= 0.3 is 5.97 Å². The second-order valence-electron chi connectivity index (χ2n) is 10.2. The number of carbonyl (C=O) groups is 3. The molecule has 198 valence electrons. The van der Waals surface area contributed by atoms with Crippen molar-refractivity contribution in [3.8, 4) is 0 Å². The molecular formula is C29H38N4O4. The molecular weight excluding hydrogens is 468 g/mol. The summed E-state index contributed by atoms with van der Waals surface area (Å²) >= 11 is 0. The second-order valence-corrected chi connectivity index (χ2v) is 10.2. The number of carbonyl (C=O) groups excluding carboxylic acids is 3. The first-order valence-corrected chi connectivity index (χ1v) is 12.9. The van der Waals surface area contributed by atoms with E-state index >= 15 is 0 Å². The minimum Gasteiger partial charge on any atom is -0.461 e. The van der Waals surface area contributed by atoms with Gasteiger partial charge in [-0.2, -0.15) is 0 Å². The molecule has 0 spiro atoms. The lowest BCUT2D eigenvalue weighted by molar-refractivity contribution is -0.147. The van der Waals surface area contributed by atoms with Crippen LogP contribution in [-0.2, 0) is 20.9 Å². The third-order valence-electron chi connectivity index (χ3n) is 7.19. The molecule has 2 aromatic carbocycles. The van der Waals surface area contributed by atoms with Crippen molar-refractivity contribution in [3.05, 3.63) is 71.3 Å². The van der Waals surface area contributed by atoms with Crippen LogP contribution in [-0.4, -0.2) is 47.7 Å². The number of rotatable bonds is 10. The van der Waals surface area contributed by atoms with Crippen molar-refractivity contribution in [2.45, 2.75) is 59.1 Å². The summed E-state index contributed by atoms with van der Waals surface area (Å²) in [6.07, 6.45) is 2.44. The van der Waals surface area contributed by atoms with Crippen molar-refractivity contribution < 1.29 is 19.1 Å². The van der Waals surface area contributed by atoms with Crippen LogP contribution in [0.15, 0.2) is 54.6 Å². The molecule has 1 heterocycles. The summed E-state index contributed by atoms with van der Waals surface area (Å²) in [5, 5.41) is 10.5. The van der Waals surface area contributed by atoms with E-state index in [4.69, 9.17) is 15.9 Å². The summed E-state index contributed by atoms with van der Waals surface area (Å²) < 4.78 is 5.42. The number of amides is 2. The first-order chi connectivity index (χ1) is 17.6.